The highest BCUT2D eigenvalue weighted by Gasteiger charge is 2.40. The Morgan fingerprint density at radius 3 is 2.55 bits per heavy atom. The Balaban J connectivity index is 2.77. The van der Waals surface area contributed by atoms with Crippen LogP contribution >= 0.6 is 0 Å². The van der Waals surface area contributed by atoms with Gasteiger partial charge in [0.05, 0.1) is 6.10 Å². The lowest BCUT2D eigenvalue weighted by atomic mass is 9.75. The largest absolute Gasteiger partial charge is 0.772 e. The molecule has 120 valence electrons. The third-order valence-electron chi connectivity index (χ3n) is 4.85. The predicted molar refractivity (Wildman–Crippen MR) is 82.2 cm³/mol. The summed E-state index contributed by atoms with van der Waals surface area (Å²) in [4.78, 5) is 2.44. The second-order valence-electron chi connectivity index (χ2n) is 7.43. The molecule has 1 N–H and O–H groups in total. The molecule has 0 saturated carbocycles. The predicted octanol–water partition coefficient (Wildman–Crippen LogP) is 2.15. The molecule has 1 aliphatic rings. The number of hydrogen-bond acceptors (Lipinski definition) is 4. The standard InChI is InChI=1S/C15H31NO3S/c1-6-12(14(2,3)8-10-20(18)19)16-9-7-13(17)15(4,5)11-16/h12-13,17H,6-11H2,1-5H3,(H,18,19)/p-1. The van der Waals surface area contributed by atoms with Gasteiger partial charge in [0, 0.05) is 30.3 Å². The first kappa shape index (κ1) is 18.1. The van der Waals surface area contributed by atoms with Crippen LogP contribution in [0.1, 0.15) is 53.9 Å². The number of aliphatic hydroxyl groups excluding tert-OH is 1. The molecule has 1 aliphatic heterocycles. The lowest BCUT2D eigenvalue weighted by molar-refractivity contribution is -0.0580. The fourth-order valence-corrected chi connectivity index (χ4v) is 4.16. The molecular weight excluding hydrogens is 274 g/mol. The average molecular weight is 304 g/mol. The maximum absolute atomic E-state index is 10.8. The monoisotopic (exact) mass is 304 g/mol. The van der Waals surface area contributed by atoms with E-state index in [1.165, 1.54) is 0 Å². The molecule has 20 heavy (non-hydrogen) atoms. The molecule has 0 aromatic carbocycles. The molecule has 3 unspecified atom stereocenters. The first-order chi connectivity index (χ1) is 9.10. The van der Waals surface area contributed by atoms with E-state index in [9.17, 15) is 13.9 Å². The molecule has 0 aliphatic carbocycles. The number of aliphatic hydroxyl groups is 1. The lowest BCUT2D eigenvalue weighted by Crippen LogP contribution is -2.55. The maximum Gasteiger partial charge on any atom is 0.0615 e. The van der Waals surface area contributed by atoms with Gasteiger partial charge in [-0.3, -0.25) is 9.11 Å². The van der Waals surface area contributed by atoms with Gasteiger partial charge in [-0.25, -0.2) is 0 Å². The molecular formula is C15H30NO3S-. The third-order valence-corrected chi connectivity index (χ3v) is 5.38. The number of likely N-dealkylation sites (tertiary alicyclic amines) is 1. The van der Waals surface area contributed by atoms with Crippen molar-refractivity contribution in [3.63, 3.8) is 0 Å². The van der Waals surface area contributed by atoms with E-state index in [4.69, 9.17) is 0 Å². The highest BCUT2D eigenvalue weighted by atomic mass is 32.2. The Morgan fingerprint density at radius 2 is 2.10 bits per heavy atom. The van der Waals surface area contributed by atoms with Crippen LogP contribution in [0.5, 0.6) is 0 Å². The summed E-state index contributed by atoms with van der Waals surface area (Å²) in [6, 6.07) is 0.359. The van der Waals surface area contributed by atoms with Crippen LogP contribution in [0.4, 0.5) is 0 Å². The van der Waals surface area contributed by atoms with E-state index in [0.717, 1.165) is 25.9 Å². The van der Waals surface area contributed by atoms with Gasteiger partial charge in [0.1, 0.15) is 0 Å². The van der Waals surface area contributed by atoms with Gasteiger partial charge in [0.2, 0.25) is 0 Å². The van der Waals surface area contributed by atoms with E-state index in [0.29, 0.717) is 12.5 Å². The summed E-state index contributed by atoms with van der Waals surface area (Å²) >= 11 is -1.97. The van der Waals surface area contributed by atoms with Crippen LogP contribution in [0.3, 0.4) is 0 Å². The average Bonchev–Trinajstić information content (AvgIpc) is 2.31. The van der Waals surface area contributed by atoms with Crippen molar-refractivity contribution in [3.05, 3.63) is 0 Å². The van der Waals surface area contributed by atoms with Crippen LogP contribution in [0.15, 0.2) is 0 Å². The first-order valence-corrected chi connectivity index (χ1v) is 8.82. The van der Waals surface area contributed by atoms with Gasteiger partial charge in [-0.05, 0) is 24.7 Å². The van der Waals surface area contributed by atoms with Gasteiger partial charge in [0.25, 0.3) is 0 Å². The van der Waals surface area contributed by atoms with Crippen LogP contribution in [0.25, 0.3) is 0 Å². The van der Waals surface area contributed by atoms with E-state index in [-0.39, 0.29) is 22.7 Å². The molecule has 1 heterocycles. The molecule has 0 aromatic heterocycles. The van der Waals surface area contributed by atoms with Crippen molar-refractivity contribution < 1.29 is 13.9 Å². The first-order valence-electron chi connectivity index (χ1n) is 7.58. The Bertz CT molecular complexity index is 344. The number of piperidine rings is 1. The molecule has 0 bridgehead atoms. The molecule has 5 heteroatoms. The van der Waals surface area contributed by atoms with E-state index in [1.807, 2.05) is 0 Å². The van der Waals surface area contributed by atoms with Crippen LogP contribution in [-0.2, 0) is 11.1 Å². The molecule has 1 rings (SSSR count). The summed E-state index contributed by atoms with van der Waals surface area (Å²) < 4.78 is 21.7. The third kappa shape index (κ3) is 4.52. The molecule has 3 atom stereocenters. The summed E-state index contributed by atoms with van der Waals surface area (Å²) in [7, 11) is 0. The lowest BCUT2D eigenvalue weighted by Gasteiger charge is -2.49. The second-order valence-corrected chi connectivity index (χ2v) is 8.45. The molecule has 0 radical (unpaired) electrons. The van der Waals surface area contributed by atoms with Gasteiger partial charge < -0.3 is 9.66 Å². The van der Waals surface area contributed by atoms with Crippen molar-refractivity contribution in [3.8, 4) is 0 Å². The van der Waals surface area contributed by atoms with E-state index in [1.54, 1.807) is 0 Å². The number of nitrogens with zero attached hydrogens (tertiary/aromatic N) is 1. The van der Waals surface area contributed by atoms with Crippen molar-refractivity contribution in [1.82, 2.24) is 4.90 Å². The van der Waals surface area contributed by atoms with E-state index in [2.05, 4.69) is 39.5 Å². The Morgan fingerprint density at radius 1 is 1.50 bits per heavy atom. The number of rotatable bonds is 6. The zero-order chi connectivity index (χ0) is 15.6. The summed E-state index contributed by atoms with van der Waals surface area (Å²) in [5, 5.41) is 10.1. The fourth-order valence-electron chi connectivity index (χ4n) is 3.47. The van der Waals surface area contributed by atoms with E-state index < -0.39 is 11.1 Å². The summed E-state index contributed by atoms with van der Waals surface area (Å²) in [6.07, 6.45) is 2.24. The Hall–Kier alpha value is 0.0300. The normalized spacial score (nSPS) is 27.2. The van der Waals surface area contributed by atoms with Crippen LogP contribution in [-0.4, -0.2) is 49.8 Å². The van der Waals surface area contributed by atoms with Crippen molar-refractivity contribution in [2.45, 2.75) is 66.0 Å². The maximum atomic E-state index is 10.8. The van der Waals surface area contributed by atoms with Crippen molar-refractivity contribution in [1.29, 1.82) is 0 Å². The molecule has 0 spiro atoms. The van der Waals surface area contributed by atoms with Crippen LogP contribution in [0.2, 0.25) is 0 Å². The van der Waals surface area contributed by atoms with Gasteiger partial charge in [0.15, 0.2) is 0 Å². The molecule has 1 fully saturated rings. The summed E-state index contributed by atoms with van der Waals surface area (Å²) in [5.74, 6) is 0.226. The van der Waals surface area contributed by atoms with Gasteiger partial charge >= 0.3 is 0 Å². The van der Waals surface area contributed by atoms with Crippen LogP contribution in [0, 0.1) is 10.8 Å². The summed E-state index contributed by atoms with van der Waals surface area (Å²) in [5.41, 5.74) is -0.129. The van der Waals surface area contributed by atoms with E-state index >= 15 is 0 Å². The zero-order valence-electron chi connectivity index (χ0n) is 13.5. The minimum atomic E-state index is -1.97. The zero-order valence-corrected chi connectivity index (χ0v) is 14.3. The smallest absolute Gasteiger partial charge is 0.0615 e. The topological polar surface area (TPSA) is 63.6 Å². The van der Waals surface area contributed by atoms with Gasteiger partial charge in [-0.2, -0.15) is 0 Å². The van der Waals surface area contributed by atoms with Crippen molar-refractivity contribution in [2.75, 3.05) is 18.8 Å². The van der Waals surface area contributed by atoms with Crippen molar-refractivity contribution >= 4 is 11.1 Å². The highest BCUT2D eigenvalue weighted by Crippen LogP contribution is 2.37. The minimum absolute atomic E-state index is 0.0345. The quantitative estimate of drug-likeness (QED) is 0.764. The SMILES string of the molecule is CCC(N1CCC(O)C(C)(C)C1)C(C)(C)CCS(=O)[O-]. The highest BCUT2D eigenvalue weighted by molar-refractivity contribution is 7.79. The second kappa shape index (κ2) is 6.86. The van der Waals surface area contributed by atoms with Gasteiger partial charge in [-0.1, -0.05) is 45.7 Å². The Labute approximate surface area is 126 Å². The van der Waals surface area contributed by atoms with Crippen molar-refractivity contribution in [2.24, 2.45) is 10.8 Å². The van der Waals surface area contributed by atoms with Crippen LogP contribution < -0.4 is 0 Å². The minimum Gasteiger partial charge on any atom is -0.772 e. The van der Waals surface area contributed by atoms with Gasteiger partial charge in [-0.15, -0.1) is 0 Å². The molecule has 1 saturated heterocycles. The molecule has 0 aromatic rings. The number of hydrogen-bond donors (Lipinski definition) is 1. The molecule has 4 nitrogen and oxygen atoms in total. The summed E-state index contributed by atoms with van der Waals surface area (Å²) in [6.45, 7) is 12.5. The Kier molecular flexibility index (Phi) is 6.20. The molecule has 0 amide bonds. The fraction of sp³-hybridized carbons (Fsp3) is 1.00.